The van der Waals surface area contributed by atoms with Gasteiger partial charge in [-0.15, -0.1) is 5.10 Å². The fraction of sp³-hybridized carbons (Fsp3) is 0.280. The van der Waals surface area contributed by atoms with Crippen molar-refractivity contribution in [2.45, 2.75) is 20.0 Å². The van der Waals surface area contributed by atoms with Gasteiger partial charge in [0.05, 0.1) is 0 Å². The van der Waals surface area contributed by atoms with Crippen LogP contribution in [0.1, 0.15) is 11.1 Å². The number of hydrogen-bond donors (Lipinski definition) is 1. The number of nitrogens with one attached hydrogen (secondary N) is 1. The van der Waals surface area contributed by atoms with E-state index in [9.17, 15) is 9.59 Å². The van der Waals surface area contributed by atoms with Crippen LogP contribution in [0.5, 0.6) is 0 Å². The quantitative estimate of drug-likeness (QED) is 0.446. The van der Waals surface area contributed by atoms with Gasteiger partial charge < -0.3 is 15.1 Å². The molecule has 0 radical (unpaired) electrons. The van der Waals surface area contributed by atoms with E-state index in [-0.39, 0.29) is 24.7 Å². The minimum atomic E-state index is -0.380. The van der Waals surface area contributed by atoms with Gasteiger partial charge in [-0.05, 0) is 30.7 Å². The Morgan fingerprint density at radius 2 is 1.74 bits per heavy atom. The first-order valence-electron chi connectivity index (χ1n) is 11.5. The molecule has 1 aliphatic heterocycles. The third kappa shape index (κ3) is 4.85. The summed E-state index contributed by atoms with van der Waals surface area (Å²) < 4.78 is 2.61. The fourth-order valence-corrected chi connectivity index (χ4v) is 4.42. The Hall–Kier alpha value is -3.85. The average Bonchev–Trinajstić information content (AvgIpc) is 3.19. The molecule has 3 heterocycles. The van der Waals surface area contributed by atoms with Crippen LogP contribution in [0.4, 0.5) is 11.5 Å². The van der Waals surface area contributed by atoms with E-state index >= 15 is 0 Å². The van der Waals surface area contributed by atoms with Crippen molar-refractivity contribution in [1.82, 2.24) is 24.5 Å². The molecule has 1 saturated heterocycles. The highest BCUT2D eigenvalue weighted by molar-refractivity contribution is 6.31. The van der Waals surface area contributed by atoms with Crippen molar-refractivity contribution in [2.24, 2.45) is 0 Å². The Morgan fingerprint density at radius 3 is 2.49 bits per heavy atom. The number of carbonyl (C=O) groups excluding carboxylic acids is 1. The summed E-state index contributed by atoms with van der Waals surface area (Å²) in [5.41, 5.74) is 3.31. The number of fused-ring (bicyclic) bond motifs is 1. The van der Waals surface area contributed by atoms with Crippen molar-refractivity contribution in [3.63, 3.8) is 0 Å². The minimum absolute atomic E-state index is 0.189. The number of carbonyl (C=O) groups is 1. The molecule has 1 amide bonds. The van der Waals surface area contributed by atoms with Gasteiger partial charge in [-0.2, -0.15) is 0 Å². The molecule has 2 aromatic heterocycles. The largest absolute Gasteiger partial charge is 0.368 e. The van der Waals surface area contributed by atoms with E-state index in [1.807, 2.05) is 18.2 Å². The van der Waals surface area contributed by atoms with Crippen LogP contribution in [-0.2, 0) is 17.9 Å². The Morgan fingerprint density at radius 1 is 1.03 bits per heavy atom. The first-order chi connectivity index (χ1) is 17.0. The molecule has 1 fully saturated rings. The molecule has 35 heavy (non-hydrogen) atoms. The topological polar surface area (TPSA) is 87.8 Å². The number of halogens is 1. The predicted octanol–water partition coefficient (Wildman–Crippen LogP) is 2.50. The van der Waals surface area contributed by atoms with Crippen molar-refractivity contribution in [3.8, 4) is 0 Å². The van der Waals surface area contributed by atoms with E-state index in [0.717, 1.165) is 31.7 Å². The lowest BCUT2D eigenvalue weighted by molar-refractivity contribution is -0.122. The van der Waals surface area contributed by atoms with E-state index < -0.39 is 0 Å². The van der Waals surface area contributed by atoms with Crippen LogP contribution < -0.4 is 20.8 Å². The van der Waals surface area contributed by atoms with Gasteiger partial charge in [-0.25, -0.2) is 18.9 Å². The number of benzene rings is 2. The second kappa shape index (κ2) is 9.79. The molecule has 1 N–H and O–H groups in total. The number of hydrogen-bond acceptors (Lipinski definition) is 6. The molecular weight excluding hydrogens is 466 g/mol. The summed E-state index contributed by atoms with van der Waals surface area (Å²) in [7, 11) is 0. The predicted molar refractivity (Wildman–Crippen MR) is 136 cm³/mol. The van der Waals surface area contributed by atoms with Gasteiger partial charge in [0, 0.05) is 55.8 Å². The summed E-state index contributed by atoms with van der Waals surface area (Å²) >= 11 is 6.15. The maximum atomic E-state index is 12.9. The summed E-state index contributed by atoms with van der Waals surface area (Å²) in [5, 5.41) is 7.83. The molecule has 5 rings (SSSR count). The normalized spacial score (nSPS) is 13.9. The highest BCUT2D eigenvalue weighted by Gasteiger charge is 2.23. The van der Waals surface area contributed by atoms with Crippen LogP contribution in [0.3, 0.4) is 0 Å². The maximum absolute atomic E-state index is 12.9. The molecule has 0 bridgehead atoms. The standard InChI is InChI=1S/C25H26ClN7O2/c1-18-6-8-20(9-7-18)30-12-14-31(15-13-30)23-24-29-33(25(35)32(24)11-10-27-23)17-22(34)28-16-19-4-2-3-5-21(19)26/h2-11H,12-17H2,1H3,(H,28,34). The number of anilines is 2. The smallest absolute Gasteiger partial charge is 0.350 e. The molecular formula is C25H26ClN7O2. The van der Waals surface area contributed by atoms with Crippen LogP contribution in [0.15, 0.2) is 65.7 Å². The zero-order chi connectivity index (χ0) is 24.4. The summed E-state index contributed by atoms with van der Waals surface area (Å²) in [5.74, 6) is 0.319. The zero-order valence-electron chi connectivity index (χ0n) is 19.4. The van der Waals surface area contributed by atoms with Crippen molar-refractivity contribution in [2.75, 3.05) is 36.0 Å². The lowest BCUT2D eigenvalue weighted by Gasteiger charge is -2.36. The molecule has 0 atom stereocenters. The first kappa shape index (κ1) is 22.9. The van der Waals surface area contributed by atoms with Crippen LogP contribution in [0.25, 0.3) is 5.65 Å². The number of aromatic nitrogens is 4. The summed E-state index contributed by atoms with van der Waals surface area (Å²) in [6.45, 7) is 5.34. The second-order valence-corrected chi connectivity index (χ2v) is 8.97. The van der Waals surface area contributed by atoms with Gasteiger partial charge in [-0.3, -0.25) is 4.79 Å². The van der Waals surface area contributed by atoms with Crippen LogP contribution in [0.2, 0.25) is 5.02 Å². The van der Waals surface area contributed by atoms with E-state index in [1.165, 1.54) is 20.3 Å². The molecule has 0 aliphatic carbocycles. The van der Waals surface area contributed by atoms with E-state index in [2.05, 4.69) is 56.4 Å². The van der Waals surface area contributed by atoms with Gasteiger partial charge in [-0.1, -0.05) is 47.5 Å². The van der Waals surface area contributed by atoms with Crippen molar-refractivity contribution < 1.29 is 4.79 Å². The van der Waals surface area contributed by atoms with Gasteiger partial charge >= 0.3 is 5.69 Å². The van der Waals surface area contributed by atoms with Crippen LogP contribution in [-0.4, -0.2) is 51.3 Å². The highest BCUT2D eigenvalue weighted by atomic mass is 35.5. The molecule has 0 saturated carbocycles. The Balaban J connectivity index is 1.29. The Kier molecular flexibility index (Phi) is 6.41. The Bertz CT molecular complexity index is 1410. The summed E-state index contributed by atoms with van der Waals surface area (Å²) in [6.07, 6.45) is 3.18. The molecule has 0 spiro atoms. The first-order valence-corrected chi connectivity index (χ1v) is 11.9. The number of piperazine rings is 1. The minimum Gasteiger partial charge on any atom is -0.368 e. The highest BCUT2D eigenvalue weighted by Crippen LogP contribution is 2.21. The van der Waals surface area contributed by atoms with Crippen LogP contribution >= 0.6 is 11.6 Å². The number of amides is 1. The van der Waals surface area contributed by atoms with Gasteiger partial charge in [0.2, 0.25) is 11.6 Å². The molecule has 1 aliphatic rings. The number of rotatable bonds is 6. The van der Waals surface area contributed by atoms with E-state index in [1.54, 1.807) is 18.5 Å². The van der Waals surface area contributed by atoms with Crippen molar-refractivity contribution in [1.29, 1.82) is 0 Å². The Labute approximate surface area is 207 Å². The zero-order valence-corrected chi connectivity index (χ0v) is 20.1. The lowest BCUT2D eigenvalue weighted by Crippen LogP contribution is -2.47. The third-order valence-corrected chi connectivity index (χ3v) is 6.56. The second-order valence-electron chi connectivity index (χ2n) is 8.56. The molecule has 4 aromatic rings. The molecule has 180 valence electrons. The number of nitrogens with zero attached hydrogens (tertiary/aromatic N) is 6. The monoisotopic (exact) mass is 491 g/mol. The fourth-order valence-electron chi connectivity index (χ4n) is 4.22. The SMILES string of the molecule is Cc1ccc(N2CCN(c3nccn4c(=O)n(CC(=O)NCc5ccccc5Cl)nc34)CC2)cc1. The van der Waals surface area contributed by atoms with Gasteiger partial charge in [0.15, 0.2) is 5.82 Å². The van der Waals surface area contributed by atoms with Crippen molar-refractivity contribution >= 4 is 34.7 Å². The lowest BCUT2D eigenvalue weighted by atomic mass is 10.2. The van der Waals surface area contributed by atoms with Gasteiger partial charge in [0.25, 0.3) is 0 Å². The average molecular weight is 492 g/mol. The van der Waals surface area contributed by atoms with E-state index in [4.69, 9.17) is 11.6 Å². The maximum Gasteiger partial charge on any atom is 0.350 e. The van der Waals surface area contributed by atoms with Crippen molar-refractivity contribution in [3.05, 3.63) is 87.6 Å². The third-order valence-electron chi connectivity index (χ3n) is 6.19. The summed E-state index contributed by atoms with van der Waals surface area (Å²) in [4.78, 5) is 34.4. The molecule has 0 unspecified atom stereocenters. The van der Waals surface area contributed by atoms with Gasteiger partial charge in [0.1, 0.15) is 6.54 Å². The number of aryl methyl sites for hydroxylation is 1. The van der Waals surface area contributed by atoms with Crippen LogP contribution in [0, 0.1) is 6.92 Å². The molecule has 10 heteroatoms. The molecule has 9 nitrogen and oxygen atoms in total. The van der Waals surface area contributed by atoms with E-state index in [0.29, 0.717) is 16.5 Å². The molecule has 2 aromatic carbocycles. The summed E-state index contributed by atoms with van der Waals surface area (Å²) in [6, 6.07) is 15.8.